The van der Waals surface area contributed by atoms with E-state index in [4.69, 9.17) is 0 Å². The van der Waals surface area contributed by atoms with Crippen molar-refractivity contribution < 1.29 is 21.8 Å². The summed E-state index contributed by atoms with van der Waals surface area (Å²) in [6.07, 6.45) is 0.229. The molecule has 1 aliphatic rings. The zero-order valence-electron chi connectivity index (χ0n) is 11.2. The summed E-state index contributed by atoms with van der Waals surface area (Å²) in [5.41, 5.74) is -0.330. The van der Waals surface area contributed by atoms with Crippen molar-refractivity contribution in [1.29, 1.82) is 0 Å². The number of hydrogen-bond acceptors (Lipinski definition) is 6. The first-order valence-corrected chi connectivity index (χ1v) is 9.32. The van der Waals surface area contributed by atoms with E-state index >= 15 is 0 Å². The van der Waals surface area contributed by atoms with Crippen LogP contribution < -0.4 is 0 Å². The van der Waals surface area contributed by atoms with Gasteiger partial charge in [0.15, 0.2) is 9.84 Å². The highest BCUT2D eigenvalue weighted by Crippen LogP contribution is 2.25. The van der Waals surface area contributed by atoms with Gasteiger partial charge in [0.25, 0.3) is 5.69 Å². The first kappa shape index (κ1) is 15.9. The summed E-state index contributed by atoms with van der Waals surface area (Å²) in [5, 5.41) is 10.7. The van der Waals surface area contributed by atoms with Gasteiger partial charge >= 0.3 is 0 Å². The van der Waals surface area contributed by atoms with Gasteiger partial charge in [-0.15, -0.1) is 0 Å². The second kappa shape index (κ2) is 5.35. The highest BCUT2D eigenvalue weighted by molar-refractivity contribution is 7.92. The second-order valence-electron chi connectivity index (χ2n) is 4.83. The average molecular weight is 334 g/mol. The van der Waals surface area contributed by atoms with Gasteiger partial charge in [-0.1, -0.05) is 6.07 Å². The Hall–Kier alpha value is -1.52. The van der Waals surface area contributed by atoms with Gasteiger partial charge in [0.2, 0.25) is 10.0 Å². The number of nitro benzene ring substituents is 1. The Morgan fingerprint density at radius 2 is 2.05 bits per heavy atom. The monoisotopic (exact) mass is 334 g/mol. The molecule has 1 heterocycles. The lowest BCUT2D eigenvalue weighted by Crippen LogP contribution is -2.37. The van der Waals surface area contributed by atoms with Gasteiger partial charge in [0.1, 0.15) is 0 Å². The van der Waals surface area contributed by atoms with Crippen molar-refractivity contribution in [2.45, 2.75) is 17.4 Å². The van der Waals surface area contributed by atoms with Crippen molar-refractivity contribution >= 4 is 25.5 Å². The van der Waals surface area contributed by atoms with Crippen LogP contribution in [0.25, 0.3) is 0 Å². The van der Waals surface area contributed by atoms with E-state index in [0.717, 1.165) is 10.4 Å². The SMILES string of the molecule is CN(C1CCS(=O)(=O)C1)S(=O)(=O)c1cccc([N+](=O)[O-])c1. The van der Waals surface area contributed by atoms with E-state index in [-0.39, 0.29) is 28.5 Å². The molecule has 1 aliphatic heterocycles. The molecular weight excluding hydrogens is 320 g/mol. The van der Waals surface area contributed by atoms with Crippen molar-refractivity contribution in [2.75, 3.05) is 18.6 Å². The molecule has 0 amide bonds. The first-order chi connectivity index (χ1) is 9.63. The third-order valence-corrected chi connectivity index (χ3v) is 7.08. The molecule has 1 fully saturated rings. The highest BCUT2D eigenvalue weighted by atomic mass is 32.2. The van der Waals surface area contributed by atoms with Crippen molar-refractivity contribution in [2.24, 2.45) is 0 Å². The van der Waals surface area contributed by atoms with Crippen LogP contribution in [0.1, 0.15) is 6.42 Å². The standard InChI is InChI=1S/C11H14N2O6S2/c1-12(10-5-6-20(16,17)8-10)21(18,19)11-4-2-3-9(7-11)13(14)15/h2-4,7,10H,5-6,8H2,1H3. The number of sulfone groups is 1. The van der Waals surface area contributed by atoms with Crippen LogP contribution in [-0.4, -0.2) is 50.7 Å². The van der Waals surface area contributed by atoms with E-state index in [1.807, 2.05) is 0 Å². The zero-order chi connectivity index (χ0) is 15.8. The van der Waals surface area contributed by atoms with E-state index < -0.39 is 30.8 Å². The Bertz CT molecular complexity index is 772. The largest absolute Gasteiger partial charge is 0.270 e. The van der Waals surface area contributed by atoms with Crippen LogP contribution >= 0.6 is 0 Å². The lowest BCUT2D eigenvalue weighted by molar-refractivity contribution is -0.385. The molecule has 1 saturated heterocycles. The minimum atomic E-state index is -3.96. The number of nitro groups is 1. The van der Waals surface area contributed by atoms with Crippen LogP contribution in [0.5, 0.6) is 0 Å². The van der Waals surface area contributed by atoms with Crippen LogP contribution in [0.3, 0.4) is 0 Å². The molecule has 1 aromatic carbocycles. The van der Waals surface area contributed by atoms with Crippen LogP contribution in [0.15, 0.2) is 29.2 Å². The highest BCUT2D eigenvalue weighted by Gasteiger charge is 2.36. The summed E-state index contributed by atoms with van der Waals surface area (Å²) in [4.78, 5) is 9.81. The molecule has 0 spiro atoms. The van der Waals surface area contributed by atoms with Crippen LogP contribution in [0.2, 0.25) is 0 Å². The molecule has 0 bridgehead atoms. The number of benzene rings is 1. The molecule has 1 unspecified atom stereocenters. The van der Waals surface area contributed by atoms with Crippen molar-refractivity contribution in [3.63, 3.8) is 0 Å². The summed E-state index contributed by atoms with van der Waals surface area (Å²) >= 11 is 0. The number of hydrogen-bond donors (Lipinski definition) is 0. The quantitative estimate of drug-likeness (QED) is 0.581. The molecule has 0 aromatic heterocycles. The van der Waals surface area contributed by atoms with Gasteiger partial charge in [-0.3, -0.25) is 10.1 Å². The maximum atomic E-state index is 12.4. The van der Waals surface area contributed by atoms with Crippen LogP contribution in [-0.2, 0) is 19.9 Å². The fraction of sp³-hybridized carbons (Fsp3) is 0.455. The van der Waals surface area contributed by atoms with E-state index in [1.165, 1.54) is 25.2 Å². The predicted octanol–water partition coefficient (Wildman–Crippen LogP) is 0.402. The molecule has 0 radical (unpaired) electrons. The van der Waals surface area contributed by atoms with E-state index in [2.05, 4.69) is 0 Å². The van der Waals surface area contributed by atoms with E-state index in [1.54, 1.807) is 0 Å². The molecule has 1 aromatic rings. The van der Waals surface area contributed by atoms with E-state index in [0.29, 0.717) is 0 Å². The van der Waals surface area contributed by atoms with Gasteiger partial charge in [-0.05, 0) is 12.5 Å². The van der Waals surface area contributed by atoms with Gasteiger partial charge in [-0.25, -0.2) is 16.8 Å². The fourth-order valence-electron chi connectivity index (χ4n) is 2.18. The third-order valence-electron chi connectivity index (χ3n) is 3.43. The molecule has 8 nitrogen and oxygen atoms in total. The lowest BCUT2D eigenvalue weighted by Gasteiger charge is -2.22. The maximum absolute atomic E-state index is 12.4. The molecule has 0 saturated carbocycles. The molecule has 0 N–H and O–H groups in total. The normalized spacial score (nSPS) is 21.5. The first-order valence-electron chi connectivity index (χ1n) is 6.06. The molecular formula is C11H14N2O6S2. The van der Waals surface area contributed by atoms with Crippen LogP contribution in [0.4, 0.5) is 5.69 Å². The van der Waals surface area contributed by atoms with Gasteiger partial charge < -0.3 is 0 Å². The third kappa shape index (κ3) is 3.22. The average Bonchev–Trinajstić information content (AvgIpc) is 2.78. The number of nitrogens with zero attached hydrogens (tertiary/aromatic N) is 2. The van der Waals surface area contributed by atoms with Gasteiger partial charge in [-0.2, -0.15) is 4.31 Å². The Kier molecular flexibility index (Phi) is 4.04. The van der Waals surface area contributed by atoms with Crippen molar-refractivity contribution in [3.05, 3.63) is 34.4 Å². The topological polar surface area (TPSA) is 115 Å². The molecule has 1 atom stereocenters. The minimum Gasteiger partial charge on any atom is -0.258 e. The van der Waals surface area contributed by atoms with E-state index in [9.17, 15) is 26.9 Å². The maximum Gasteiger partial charge on any atom is 0.270 e. The minimum absolute atomic E-state index is 0.0491. The predicted molar refractivity (Wildman–Crippen MR) is 75.1 cm³/mol. The smallest absolute Gasteiger partial charge is 0.258 e. The van der Waals surface area contributed by atoms with Crippen molar-refractivity contribution in [1.82, 2.24) is 4.31 Å². The Morgan fingerprint density at radius 3 is 2.57 bits per heavy atom. The van der Waals surface area contributed by atoms with Gasteiger partial charge in [0.05, 0.1) is 21.3 Å². The molecule has 10 heteroatoms. The summed E-state index contributed by atoms with van der Waals surface area (Å²) in [7, 11) is -5.89. The summed E-state index contributed by atoms with van der Waals surface area (Å²) in [6.45, 7) is 0. The summed E-state index contributed by atoms with van der Waals surface area (Å²) < 4.78 is 48.7. The molecule has 2 rings (SSSR count). The molecule has 116 valence electrons. The zero-order valence-corrected chi connectivity index (χ0v) is 12.8. The van der Waals surface area contributed by atoms with Gasteiger partial charge in [0, 0.05) is 25.2 Å². The number of sulfonamides is 1. The number of rotatable bonds is 4. The summed E-state index contributed by atoms with van der Waals surface area (Å²) in [6, 6.07) is 4.06. The Balaban J connectivity index is 2.34. The summed E-state index contributed by atoms with van der Waals surface area (Å²) in [5.74, 6) is -0.274. The number of non-ortho nitro benzene ring substituents is 1. The lowest BCUT2D eigenvalue weighted by atomic mass is 10.3. The molecule has 21 heavy (non-hydrogen) atoms. The fourth-order valence-corrected chi connectivity index (χ4v) is 5.48. The molecule has 0 aliphatic carbocycles. The Labute approximate surface area is 122 Å². The van der Waals surface area contributed by atoms with Crippen LogP contribution in [0, 0.1) is 10.1 Å². The Morgan fingerprint density at radius 1 is 1.38 bits per heavy atom. The second-order valence-corrected chi connectivity index (χ2v) is 9.06. The van der Waals surface area contributed by atoms with Crippen molar-refractivity contribution in [3.8, 4) is 0 Å².